The minimum Gasteiger partial charge on any atom is -0.444 e. The molecule has 1 aliphatic heterocycles. The molecule has 0 bridgehead atoms. The van der Waals surface area contributed by atoms with Gasteiger partial charge in [-0.25, -0.2) is 13.6 Å². The number of unbranched alkanes of at least 4 members (excludes halogenated alkanes) is 1. The molecule has 0 saturated carbocycles. The van der Waals surface area contributed by atoms with Crippen molar-refractivity contribution in [3.05, 3.63) is 0 Å². The number of rotatable bonds is 5. The fourth-order valence-electron chi connectivity index (χ4n) is 2.34. The molecule has 23 heavy (non-hydrogen) atoms. The van der Waals surface area contributed by atoms with Crippen LogP contribution in [0.1, 0.15) is 46.5 Å². The van der Waals surface area contributed by atoms with Crippen LogP contribution < -0.4 is 5.32 Å². The molecule has 1 rings (SSSR count). The van der Waals surface area contributed by atoms with Gasteiger partial charge in [-0.05, 0) is 33.6 Å². The van der Waals surface area contributed by atoms with Gasteiger partial charge in [0.1, 0.15) is 5.60 Å². The number of alkyl halides is 3. The molecule has 1 saturated heterocycles. The molecule has 0 unspecified atom stereocenters. The lowest BCUT2D eigenvalue weighted by molar-refractivity contribution is -0.124. The molecule has 1 heterocycles. The first-order valence-electron chi connectivity index (χ1n) is 7.73. The number of likely N-dealkylation sites (tertiary alicyclic amines) is 1. The largest absolute Gasteiger partial charge is 0.444 e. The number of nitrogens with one attached hydrogen (secondary N) is 1. The van der Waals surface area contributed by atoms with E-state index < -0.39 is 36.6 Å². The number of carbonyl (C=O) groups excluding carboxylic acids is 2. The van der Waals surface area contributed by atoms with E-state index in [4.69, 9.17) is 4.74 Å². The highest BCUT2D eigenvalue weighted by Crippen LogP contribution is 2.28. The Hall–Kier alpha value is -0.920. The van der Waals surface area contributed by atoms with Crippen molar-refractivity contribution in [2.24, 2.45) is 0 Å². The average molecular weight is 399 g/mol. The van der Waals surface area contributed by atoms with Crippen molar-refractivity contribution >= 4 is 27.9 Å². The van der Waals surface area contributed by atoms with Crippen LogP contribution in [0.5, 0.6) is 0 Å². The van der Waals surface area contributed by atoms with Gasteiger partial charge < -0.3 is 15.0 Å². The first-order valence-corrected chi connectivity index (χ1v) is 8.86. The molecule has 1 atom stereocenters. The maximum atomic E-state index is 13.8. The van der Waals surface area contributed by atoms with Gasteiger partial charge in [-0.1, -0.05) is 15.9 Å². The molecule has 2 amide bonds. The van der Waals surface area contributed by atoms with Gasteiger partial charge in [-0.15, -0.1) is 0 Å². The summed E-state index contributed by atoms with van der Waals surface area (Å²) in [5.41, 5.74) is -0.752. The van der Waals surface area contributed by atoms with Gasteiger partial charge in [0.2, 0.25) is 5.91 Å². The minimum atomic E-state index is -3.04. The van der Waals surface area contributed by atoms with Gasteiger partial charge in [0.25, 0.3) is 5.92 Å². The van der Waals surface area contributed by atoms with E-state index in [0.717, 1.165) is 16.7 Å². The standard InChI is InChI=1S/C15H25BrF2N2O3/c1-14(2,3)23-13(22)20-9-11(8-15(17,18)10-20)19-12(21)6-4-5-7-16/h11H,4-10H2,1-3H3,(H,19,21)/t11-/m1/s1. The number of hydrogen-bond acceptors (Lipinski definition) is 3. The Morgan fingerprint density at radius 3 is 2.57 bits per heavy atom. The topological polar surface area (TPSA) is 58.6 Å². The van der Waals surface area contributed by atoms with Crippen molar-refractivity contribution in [3.8, 4) is 0 Å². The Morgan fingerprint density at radius 1 is 1.35 bits per heavy atom. The summed E-state index contributed by atoms with van der Waals surface area (Å²) in [7, 11) is 0. The molecule has 0 aromatic carbocycles. The second-order valence-electron chi connectivity index (χ2n) is 6.83. The first kappa shape index (κ1) is 20.1. The molecule has 1 N–H and O–H groups in total. The molecule has 0 aromatic rings. The van der Waals surface area contributed by atoms with Crippen LogP contribution in [0.25, 0.3) is 0 Å². The summed E-state index contributed by atoms with van der Waals surface area (Å²) in [6, 6.07) is -0.761. The maximum absolute atomic E-state index is 13.8. The van der Waals surface area contributed by atoms with E-state index in [2.05, 4.69) is 21.2 Å². The van der Waals surface area contributed by atoms with Crippen molar-refractivity contribution in [2.45, 2.75) is 64.0 Å². The number of hydrogen-bond donors (Lipinski definition) is 1. The summed E-state index contributed by atoms with van der Waals surface area (Å²) >= 11 is 3.27. The molecule has 8 heteroatoms. The van der Waals surface area contributed by atoms with E-state index in [1.807, 2.05) is 0 Å². The zero-order valence-electron chi connectivity index (χ0n) is 13.8. The van der Waals surface area contributed by atoms with Crippen LogP contribution in [0.4, 0.5) is 13.6 Å². The number of nitrogens with zero attached hydrogens (tertiary/aromatic N) is 1. The summed E-state index contributed by atoms with van der Waals surface area (Å²) in [4.78, 5) is 24.8. The fraction of sp³-hybridized carbons (Fsp3) is 0.867. The van der Waals surface area contributed by atoms with Gasteiger partial charge in [0.15, 0.2) is 0 Å². The second kappa shape index (κ2) is 8.26. The Kier molecular flexibility index (Phi) is 7.23. The van der Waals surface area contributed by atoms with E-state index in [1.165, 1.54) is 0 Å². The van der Waals surface area contributed by atoms with Crippen molar-refractivity contribution in [2.75, 3.05) is 18.4 Å². The zero-order valence-corrected chi connectivity index (χ0v) is 15.4. The molecular weight excluding hydrogens is 374 g/mol. The monoisotopic (exact) mass is 398 g/mol. The highest BCUT2D eigenvalue weighted by molar-refractivity contribution is 9.09. The Morgan fingerprint density at radius 2 is 2.00 bits per heavy atom. The maximum Gasteiger partial charge on any atom is 0.410 e. The lowest BCUT2D eigenvalue weighted by Gasteiger charge is -2.38. The van der Waals surface area contributed by atoms with Gasteiger partial charge in [-0.3, -0.25) is 4.79 Å². The summed E-state index contributed by atoms with van der Waals surface area (Å²) in [6.07, 6.45) is 0.584. The van der Waals surface area contributed by atoms with Crippen LogP contribution in [0, 0.1) is 0 Å². The quantitative estimate of drug-likeness (QED) is 0.570. The third-order valence-corrected chi connectivity index (χ3v) is 3.77. The van der Waals surface area contributed by atoms with Gasteiger partial charge in [0, 0.05) is 24.7 Å². The molecule has 0 aromatic heterocycles. The third kappa shape index (κ3) is 7.94. The minimum absolute atomic E-state index is 0.0364. The summed E-state index contributed by atoms with van der Waals surface area (Å²) in [5, 5.41) is 3.40. The van der Waals surface area contributed by atoms with Crippen LogP contribution >= 0.6 is 15.9 Å². The van der Waals surface area contributed by atoms with E-state index in [9.17, 15) is 18.4 Å². The lowest BCUT2D eigenvalue weighted by Crippen LogP contribution is -2.57. The van der Waals surface area contributed by atoms with Crippen LogP contribution in [0.15, 0.2) is 0 Å². The molecule has 0 radical (unpaired) electrons. The van der Waals surface area contributed by atoms with Crippen LogP contribution in [0.3, 0.4) is 0 Å². The normalized spacial score (nSPS) is 21.0. The second-order valence-corrected chi connectivity index (χ2v) is 7.62. The van der Waals surface area contributed by atoms with Crippen molar-refractivity contribution < 1.29 is 23.1 Å². The third-order valence-electron chi connectivity index (χ3n) is 3.21. The fourth-order valence-corrected chi connectivity index (χ4v) is 2.74. The molecule has 0 spiro atoms. The van der Waals surface area contributed by atoms with Crippen LogP contribution in [-0.4, -0.2) is 52.9 Å². The summed E-state index contributed by atoms with van der Waals surface area (Å²) in [5.74, 6) is -3.30. The van der Waals surface area contributed by atoms with E-state index >= 15 is 0 Å². The molecule has 1 aliphatic rings. The average Bonchev–Trinajstić information content (AvgIpc) is 2.35. The van der Waals surface area contributed by atoms with Crippen molar-refractivity contribution in [1.82, 2.24) is 10.2 Å². The van der Waals surface area contributed by atoms with E-state index in [0.29, 0.717) is 12.8 Å². The van der Waals surface area contributed by atoms with Crippen molar-refractivity contribution in [3.63, 3.8) is 0 Å². The molecule has 5 nitrogen and oxygen atoms in total. The predicted molar refractivity (Wildman–Crippen MR) is 86.9 cm³/mol. The van der Waals surface area contributed by atoms with E-state index in [-0.39, 0.29) is 12.5 Å². The van der Waals surface area contributed by atoms with Crippen LogP contribution in [-0.2, 0) is 9.53 Å². The smallest absolute Gasteiger partial charge is 0.410 e. The number of carbonyl (C=O) groups is 2. The summed E-state index contributed by atoms with van der Waals surface area (Å²) < 4.78 is 32.8. The zero-order chi connectivity index (χ0) is 17.7. The van der Waals surface area contributed by atoms with E-state index in [1.54, 1.807) is 20.8 Å². The number of halogens is 3. The number of amides is 2. The number of piperidine rings is 1. The Labute approximate surface area is 144 Å². The van der Waals surface area contributed by atoms with Gasteiger partial charge in [0.05, 0.1) is 12.6 Å². The lowest BCUT2D eigenvalue weighted by atomic mass is 10.0. The Bertz CT molecular complexity index is 427. The Balaban J connectivity index is 2.60. The highest BCUT2D eigenvalue weighted by atomic mass is 79.9. The number of ether oxygens (including phenoxy) is 1. The summed E-state index contributed by atoms with van der Waals surface area (Å²) in [6.45, 7) is 4.38. The van der Waals surface area contributed by atoms with Crippen LogP contribution in [0.2, 0.25) is 0 Å². The molecule has 0 aliphatic carbocycles. The molecule has 1 fully saturated rings. The first-order chi connectivity index (χ1) is 10.5. The van der Waals surface area contributed by atoms with Crippen molar-refractivity contribution in [1.29, 1.82) is 0 Å². The SMILES string of the molecule is CC(C)(C)OC(=O)N1C[C@H](NC(=O)CCCCBr)CC(F)(F)C1. The van der Waals surface area contributed by atoms with Gasteiger partial charge >= 0.3 is 6.09 Å². The molecule has 134 valence electrons. The highest BCUT2D eigenvalue weighted by Gasteiger charge is 2.43. The van der Waals surface area contributed by atoms with Gasteiger partial charge in [-0.2, -0.15) is 0 Å². The predicted octanol–water partition coefficient (Wildman–Crippen LogP) is 3.31. The molecular formula is C15H25BrF2N2O3.